The molecule has 1 aliphatic heterocycles. The molecule has 1 N–H and O–H groups in total. The molecule has 0 bridgehead atoms. The standard InChI is InChI=1S/C24H19FN6/c25-18-6-7-19-20(15-26-21(19)14-18)16-10-12-30(13-11-16)23-9-8-22-27-28-24(31(22)29-23)17-4-2-1-3-5-17/h1-10,14-15,26H,11-13H2. The Balaban J connectivity index is 1.31. The van der Waals surface area contributed by atoms with Crippen molar-refractivity contribution in [2.75, 3.05) is 18.0 Å². The molecule has 2 aromatic carbocycles. The van der Waals surface area contributed by atoms with Crippen molar-refractivity contribution < 1.29 is 4.39 Å². The lowest BCUT2D eigenvalue weighted by atomic mass is 9.99. The highest BCUT2D eigenvalue weighted by molar-refractivity contribution is 5.93. The van der Waals surface area contributed by atoms with Crippen LogP contribution in [0.3, 0.4) is 0 Å². The van der Waals surface area contributed by atoms with Crippen molar-refractivity contribution in [3.05, 3.63) is 84.3 Å². The number of aromatic amines is 1. The average Bonchev–Trinajstić information content (AvgIpc) is 3.43. The number of anilines is 1. The van der Waals surface area contributed by atoms with Gasteiger partial charge in [-0.25, -0.2) is 4.39 Å². The van der Waals surface area contributed by atoms with Gasteiger partial charge in [0.25, 0.3) is 0 Å². The van der Waals surface area contributed by atoms with E-state index in [0.717, 1.165) is 58.8 Å². The first kappa shape index (κ1) is 17.8. The molecule has 5 aromatic rings. The summed E-state index contributed by atoms with van der Waals surface area (Å²) in [5.74, 6) is 1.40. The second kappa shape index (κ2) is 7.05. The molecule has 7 heteroatoms. The summed E-state index contributed by atoms with van der Waals surface area (Å²) in [4.78, 5) is 5.43. The highest BCUT2D eigenvalue weighted by atomic mass is 19.1. The molecule has 6 rings (SSSR count). The predicted molar refractivity (Wildman–Crippen MR) is 119 cm³/mol. The van der Waals surface area contributed by atoms with Crippen LogP contribution in [0.15, 0.2) is 72.9 Å². The molecule has 152 valence electrons. The molecule has 6 nitrogen and oxygen atoms in total. The van der Waals surface area contributed by atoms with Crippen molar-refractivity contribution in [3.8, 4) is 11.4 Å². The topological polar surface area (TPSA) is 62.1 Å². The maximum absolute atomic E-state index is 13.5. The summed E-state index contributed by atoms with van der Waals surface area (Å²) >= 11 is 0. The highest BCUT2D eigenvalue weighted by Crippen LogP contribution is 2.31. The third-order valence-corrected chi connectivity index (χ3v) is 5.80. The van der Waals surface area contributed by atoms with E-state index in [1.807, 2.05) is 54.7 Å². The molecule has 3 aromatic heterocycles. The van der Waals surface area contributed by atoms with Crippen LogP contribution in [-0.2, 0) is 0 Å². The van der Waals surface area contributed by atoms with Crippen LogP contribution >= 0.6 is 0 Å². The van der Waals surface area contributed by atoms with Gasteiger partial charge in [0.1, 0.15) is 11.6 Å². The number of nitrogens with zero attached hydrogens (tertiary/aromatic N) is 5. The van der Waals surface area contributed by atoms with Crippen LogP contribution in [0.2, 0.25) is 0 Å². The molecule has 31 heavy (non-hydrogen) atoms. The van der Waals surface area contributed by atoms with E-state index in [9.17, 15) is 4.39 Å². The number of benzene rings is 2. The first-order valence-electron chi connectivity index (χ1n) is 10.3. The minimum atomic E-state index is -0.227. The Morgan fingerprint density at radius 3 is 2.71 bits per heavy atom. The van der Waals surface area contributed by atoms with Crippen molar-refractivity contribution in [2.24, 2.45) is 0 Å². The lowest BCUT2D eigenvalue weighted by Gasteiger charge is -2.27. The molecule has 0 spiro atoms. The molecule has 1 aliphatic rings. The monoisotopic (exact) mass is 410 g/mol. The van der Waals surface area contributed by atoms with Crippen LogP contribution in [0, 0.1) is 5.82 Å². The first-order valence-corrected chi connectivity index (χ1v) is 10.3. The number of rotatable bonds is 3. The van der Waals surface area contributed by atoms with Crippen LogP contribution in [0.4, 0.5) is 10.2 Å². The fourth-order valence-corrected chi connectivity index (χ4v) is 4.20. The first-order chi connectivity index (χ1) is 15.3. The zero-order valence-electron chi connectivity index (χ0n) is 16.7. The van der Waals surface area contributed by atoms with Crippen molar-refractivity contribution in [1.82, 2.24) is 24.8 Å². The van der Waals surface area contributed by atoms with Gasteiger partial charge in [-0.05, 0) is 42.3 Å². The Morgan fingerprint density at radius 1 is 0.968 bits per heavy atom. The van der Waals surface area contributed by atoms with E-state index >= 15 is 0 Å². The van der Waals surface area contributed by atoms with Crippen molar-refractivity contribution >= 4 is 27.9 Å². The van der Waals surface area contributed by atoms with Crippen molar-refractivity contribution in [3.63, 3.8) is 0 Å². The van der Waals surface area contributed by atoms with Gasteiger partial charge in [0, 0.05) is 41.3 Å². The molecule has 0 unspecified atom stereocenters. The Labute approximate surface area is 177 Å². The van der Waals surface area contributed by atoms with Gasteiger partial charge in [-0.2, -0.15) is 4.52 Å². The number of nitrogens with one attached hydrogen (secondary N) is 1. The molecule has 0 atom stereocenters. The minimum absolute atomic E-state index is 0.227. The quantitative estimate of drug-likeness (QED) is 0.468. The zero-order chi connectivity index (χ0) is 20.8. The molecule has 0 fully saturated rings. The van der Waals surface area contributed by atoms with Gasteiger partial charge in [0.15, 0.2) is 11.5 Å². The summed E-state index contributed by atoms with van der Waals surface area (Å²) in [5.41, 5.74) is 4.94. The smallest absolute Gasteiger partial charge is 0.185 e. The SMILES string of the molecule is Fc1ccc2c(C3=CCN(c4ccc5nnc(-c6ccccc6)n5n4)CC3)c[nH]c2c1. The fraction of sp³-hybridized carbons (Fsp3) is 0.125. The normalized spacial score (nSPS) is 14.4. The Morgan fingerprint density at radius 2 is 1.87 bits per heavy atom. The molecule has 0 aliphatic carbocycles. The van der Waals surface area contributed by atoms with Crippen LogP contribution in [0.25, 0.3) is 33.5 Å². The molecule has 0 saturated carbocycles. The molecule has 0 amide bonds. The second-order valence-corrected chi connectivity index (χ2v) is 7.67. The molecule has 0 radical (unpaired) electrons. The Hall–Kier alpha value is -4.00. The molecular weight excluding hydrogens is 391 g/mol. The summed E-state index contributed by atoms with van der Waals surface area (Å²) in [7, 11) is 0. The summed E-state index contributed by atoms with van der Waals surface area (Å²) in [6.45, 7) is 1.60. The van der Waals surface area contributed by atoms with E-state index in [1.165, 1.54) is 17.7 Å². The van der Waals surface area contributed by atoms with Crippen LogP contribution in [-0.4, -0.2) is 37.9 Å². The van der Waals surface area contributed by atoms with Crippen LogP contribution in [0.5, 0.6) is 0 Å². The summed E-state index contributed by atoms with van der Waals surface area (Å²) < 4.78 is 15.3. The van der Waals surface area contributed by atoms with E-state index in [4.69, 9.17) is 5.10 Å². The van der Waals surface area contributed by atoms with E-state index in [0.29, 0.717) is 0 Å². The molecule has 4 heterocycles. The average molecular weight is 410 g/mol. The van der Waals surface area contributed by atoms with Crippen LogP contribution in [0.1, 0.15) is 12.0 Å². The lowest BCUT2D eigenvalue weighted by Crippen LogP contribution is -2.29. The maximum atomic E-state index is 13.5. The van der Waals surface area contributed by atoms with Gasteiger partial charge in [-0.15, -0.1) is 15.3 Å². The number of H-pyrrole nitrogens is 1. The van der Waals surface area contributed by atoms with Gasteiger partial charge in [-0.1, -0.05) is 36.4 Å². The summed E-state index contributed by atoms with van der Waals surface area (Å²) in [6.07, 6.45) is 5.09. The number of hydrogen-bond donors (Lipinski definition) is 1. The Kier molecular flexibility index (Phi) is 4.06. The van der Waals surface area contributed by atoms with Gasteiger partial charge >= 0.3 is 0 Å². The van der Waals surface area contributed by atoms with Crippen molar-refractivity contribution in [2.45, 2.75) is 6.42 Å². The minimum Gasteiger partial charge on any atom is -0.360 e. The fourth-order valence-electron chi connectivity index (χ4n) is 4.20. The summed E-state index contributed by atoms with van der Waals surface area (Å²) in [6, 6.07) is 18.8. The Bertz CT molecular complexity index is 1430. The number of hydrogen-bond acceptors (Lipinski definition) is 4. The lowest BCUT2D eigenvalue weighted by molar-refractivity contribution is 0.629. The van der Waals surface area contributed by atoms with E-state index < -0.39 is 0 Å². The van der Waals surface area contributed by atoms with E-state index in [-0.39, 0.29) is 5.82 Å². The zero-order valence-corrected chi connectivity index (χ0v) is 16.7. The van der Waals surface area contributed by atoms with E-state index in [1.54, 1.807) is 4.52 Å². The number of halogens is 1. The van der Waals surface area contributed by atoms with Gasteiger partial charge < -0.3 is 9.88 Å². The molecular formula is C24H19FN6. The largest absolute Gasteiger partial charge is 0.360 e. The van der Waals surface area contributed by atoms with Crippen LogP contribution < -0.4 is 4.90 Å². The van der Waals surface area contributed by atoms with Gasteiger partial charge in [0.2, 0.25) is 0 Å². The number of aromatic nitrogens is 5. The summed E-state index contributed by atoms with van der Waals surface area (Å²) in [5, 5.41) is 14.5. The third kappa shape index (κ3) is 3.06. The second-order valence-electron chi connectivity index (χ2n) is 7.67. The maximum Gasteiger partial charge on any atom is 0.185 e. The highest BCUT2D eigenvalue weighted by Gasteiger charge is 2.18. The molecule has 0 saturated heterocycles. The van der Waals surface area contributed by atoms with Gasteiger partial charge in [0.05, 0.1) is 0 Å². The third-order valence-electron chi connectivity index (χ3n) is 5.80. The number of fused-ring (bicyclic) bond motifs is 2. The van der Waals surface area contributed by atoms with Gasteiger partial charge in [-0.3, -0.25) is 0 Å². The predicted octanol–water partition coefficient (Wildman–Crippen LogP) is 4.71. The van der Waals surface area contributed by atoms with E-state index in [2.05, 4.69) is 26.2 Å². The van der Waals surface area contributed by atoms with Crippen molar-refractivity contribution in [1.29, 1.82) is 0 Å².